The fraction of sp³-hybridized carbons (Fsp3) is 0.917. The van der Waals surface area contributed by atoms with E-state index in [1.165, 1.54) is 0 Å². The van der Waals surface area contributed by atoms with E-state index in [-0.39, 0.29) is 17.6 Å². The second-order valence-electron chi connectivity index (χ2n) is 4.83. The first kappa shape index (κ1) is 12.5. The van der Waals surface area contributed by atoms with Gasteiger partial charge in [-0.15, -0.1) is 0 Å². The molecular weight excluding hydrogens is 188 g/mol. The van der Waals surface area contributed by atoms with Crippen LogP contribution in [0.5, 0.6) is 0 Å². The number of nitriles is 1. The van der Waals surface area contributed by atoms with E-state index in [2.05, 4.69) is 25.2 Å². The van der Waals surface area contributed by atoms with Gasteiger partial charge in [0.15, 0.2) is 0 Å². The zero-order valence-corrected chi connectivity index (χ0v) is 9.84. The van der Waals surface area contributed by atoms with Crippen LogP contribution in [0.2, 0.25) is 0 Å². The summed E-state index contributed by atoms with van der Waals surface area (Å²) in [5.74, 6) is 0. The zero-order chi connectivity index (χ0) is 11.4. The van der Waals surface area contributed by atoms with Gasteiger partial charge >= 0.3 is 0 Å². The Hall–Kier alpha value is -0.590. The van der Waals surface area contributed by atoms with Crippen molar-refractivity contribution in [1.82, 2.24) is 5.32 Å². The zero-order valence-electron chi connectivity index (χ0n) is 9.84. The summed E-state index contributed by atoms with van der Waals surface area (Å²) in [5.41, 5.74) is 0.0879. The van der Waals surface area contributed by atoms with Gasteiger partial charge in [0.05, 0.1) is 12.7 Å². The molecule has 0 aliphatic heterocycles. The lowest BCUT2D eigenvalue weighted by Crippen LogP contribution is -2.49. The van der Waals surface area contributed by atoms with Gasteiger partial charge in [0.25, 0.3) is 0 Å². The van der Waals surface area contributed by atoms with E-state index in [0.717, 1.165) is 32.2 Å². The molecule has 1 aliphatic carbocycles. The van der Waals surface area contributed by atoms with Gasteiger partial charge in [-0.05, 0) is 31.1 Å². The molecule has 15 heavy (non-hydrogen) atoms. The van der Waals surface area contributed by atoms with E-state index in [9.17, 15) is 5.11 Å². The molecule has 0 bridgehead atoms. The Bertz CT molecular complexity index is 228. The highest BCUT2D eigenvalue weighted by Crippen LogP contribution is 2.48. The summed E-state index contributed by atoms with van der Waals surface area (Å²) in [7, 11) is 0. The third-order valence-electron chi connectivity index (χ3n) is 3.91. The summed E-state index contributed by atoms with van der Waals surface area (Å²) in [6.07, 6.45) is 4.82. The van der Waals surface area contributed by atoms with Crippen LogP contribution in [0.15, 0.2) is 0 Å². The Morgan fingerprint density at radius 3 is 2.33 bits per heavy atom. The summed E-state index contributed by atoms with van der Waals surface area (Å²) >= 11 is 0. The van der Waals surface area contributed by atoms with Crippen molar-refractivity contribution in [2.45, 2.75) is 51.5 Å². The van der Waals surface area contributed by atoms with Crippen LogP contribution in [0, 0.1) is 16.7 Å². The molecule has 1 fully saturated rings. The predicted molar refractivity (Wildman–Crippen MR) is 60.3 cm³/mol. The van der Waals surface area contributed by atoms with E-state index in [0.29, 0.717) is 6.42 Å². The van der Waals surface area contributed by atoms with Crippen LogP contribution in [-0.4, -0.2) is 23.8 Å². The number of nitrogens with one attached hydrogen (secondary N) is 1. The normalized spacial score (nSPS) is 18.5. The van der Waals surface area contributed by atoms with Crippen LogP contribution >= 0.6 is 0 Å². The number of rotatable bonds is 7. The molecule has 2 N–H and O–H groups in total. The molecule has 0 spiro atoms. The van der Waals surface area contributed by atoms with Gasteiger partial charge in [-0.1, -0.05) is 13.8 Å². The lowest BCUT2D eigenvalue weighted by atomic mass is 9.92. The molecule has 1 aliphatic rings. The number of hydrogen-bond donors (Lipinski definition) is 2. The maximum atomic E-state index is 9.40. The molecular formula is C12H22N2O. The van der Waals surface area contributed by atoms with Gasteiger partial charge in [-0.3, -0.25) is 0 Å². The summed E-state index contributed by atoms with van der Waals surface area (Å²) < 4.78 is 0. The molecule has 0 saturated heterocycles. The van der Waals surface area contributed by atoms with Gasteiger partial charge in [-0.2, -0.15) is 5.26 Å². The van der Waals surface area contributed by atoms with Crippen molar-refractivity contribution >= 4 is 0 Å². The maximum absolute atomic E-state index is 9.40. The Morgan fingerprint density at radius 1 is 1.40 bits per heavy atom. The minimum atomic E-state index is -0.134. The molecule has 86 valence electrons. The minimum absolute atomic E-state index is 0.134. The first-order chi connectivity index (χ1) is 7.16. The molecule has 1 rings (SSSR count). The summed E-state index contributed by atoms with van der Waals surface area (Å²) in [6, 6.07) is 2.26. The van der Waals surface area contributed by atoms with Crippen molar-refractivity contribution in [3.8, 4) is 6.07 Å². The van der Waals surface area contributed by atoms with Crippen LogP contribution < -0.4 is 5.32 Å². The largest absolute Gasteiger partial charge is 0.394 e. The van der Waals surface area contributed by atoms with Crippen LogP contribution in [0.25, 0.3) is 0 Å². The first-order valence-electron chi connectivity index (χ1n) is 5.89. The summed E-state index contributed by atoms with van der Waals surface area (Å²) in [6.45, 7) is 5.25. The summed E-state index contributed by atoms with van der Waals surface area (Å²) in [5, 5.41) is 21.6. The lowest BCUT2D eigenvalue weighted by molar-refractivity contribution is 0.144. The first-order valence-corrected chi connectivity index (χ1v) is 5.89. The predicted octanol–water partition coefficient (Wildman–Crippen LogP) is 1.82. The molecule has 1 saturated carbocycles. The molecule has 0 aromatic rings. The molecule has 0 unspecified atom stereocenters. The topological polar surface area (TPSA) is 56.0 Å². The molecule has 0 aromatic heterocycles. The van der Waals surface area contributed by atoms with E-state index >= 15 is 0 Å². The fourth-order valence-corrected chi connectivity index (χ4v) is 1.92. The second kappa shape index (κ2) is 4.96. The summed E-state index contributed by atoms with van der Waals surface area (Å²) in [4.78, 5) is 0. The average Bonchev–Trinajstić information content (AvgIpc) is 3.02. The number of nitrogens with zero attached hydrogens (tertiary/aromatic N) is 1. The van der Waals surface area contributed by atoms with E-state index < -0.39 is 0 Å². The van der Waals surface area contributed by atoms with Crippen LogP contribution in [0.1, 0.15) is 46.0 Å². The molecule has 0 radical (unpaired) electrons. The Labute approximate surface area is 92.5 Å². The third kappa shape index (κ3) is 2.93. The Morgan fingerprint density at radius 2 is 2.00 bits per heavy atom. The highest BCUT2D eigenvalue weighted by Gasteiger charge is 2.43. The van der Waals surface area contributed by atoms with Gasteiger partial charge in [0, 0.05) is 18.5 Å². The fourth-order valence-electron chi connectivity index (χ4n) is 1.92. The second-order valence-corrected chi connectivity index (χ2v) is 4.83. The van der Waals surface area contributed by atoms with E-state index in [1.807, 2.05) is 0 Å². The molecule has 0 amide bonds. The standard InChI is InChI=1S/C12H22N2O/c1-3-12(4-2,10-15)14-9-11(5-6-11)7-8-13/h14-15H,3-7,9-10H2,1-2H3. The van der Waals surface area contributed by atoms with Gasteiger partial charge in [0.2, 0.25) is 0 Å². The smallest absolute Gasteiger partial charge is 0.0628 e. The molecule has 0 aromatic carbocycles. The van der Waals surface area contributed by atoms with Crippen molar-refractivity contribution in [3.05, 3.63) is 0 Å². The Kier molecular flexibility index (Phi) is 4.12. The van der Waals surface area contributed by atoms with Gasteiger partial charge in [-0.25, -0.2) is 0 Å². The van der Waals surface area contributed by atoms with E-state index in [1.54, 1.807) is 0 Å². The van der Waals surface area contributed by atoms with Crippen LogP contribution in [0.3, 0.4) is 0 Å². The highest BCUT2D eigenvalue weighted by molar-refractivity contribution is 5.02. The minimum Gasteiger partial charge on any atom is -0.394 e. The van der Waals surface area contributed by atoms with Crippen LogP contribution in [0.4, 0.5) is 0 Å². The van der Waals surface area contributed by atoms with Crippen molar-refractivity contribution in [2.75, 3.05) is 13.2 Å². The number of hydrogen-bond acceptors (Lipinski definition) is 3. The van der Waals surface area contributed by atoms with Crippen molar-refractivity contribution in [3.63, 3.8) is 0 Å². The number of aliphatic hydroxyl groups is 1. The average molecular weight is 210 g/mol. The van der Waals surface area contributed by atoms with Crippen molar-refractivity contribution < 1.29 is 5.11 Å². The highest BCUT2D eigenvalue weighted by atomic mass is 16.3. The van der Waals surface area contributed by atoms with E-state index in [4.69, 9.17) is 5.26 Å². The quantitative estimate of drug-likeness (QED) is 0.674. The Balaban J connectivity index is 2.44. The van der Waals surface area contributed by atoms with Crippen LogP contribution in [-0.2, 0) is 0 Å². The SMILES string of the molecule is CCC(CC)(CO)NCC1(CC#N)CC1. The number of aliphatic hydroxyl groups excluding tert-OH is 1. The maximum Gasteiger partial charge on any atom is 0.0628 e. The molecule has 0 atom stereocenters. The van der Waals surface area contributed by atoms with Crippen molar-refractivity contribution in [1.29, 1.82) is 5.26 Å². The van der Waals surface area contributed by atoms with Gasteiger partial charge in [0.1, 0.15) is 0 Å². The van der Waals surface area contributed by atoms with Gasteiger partial charge < -0.3 is 10.4 Å². The van der Waals surface area contributed by atoms with Crippen molar-refractivity contribution in [2.24, 2.45) is 5.41 Å². The third-order valence-corrected chi connectivity index (χ3v) is 3.91. The molecule has 3 nitrogen and oxygen atoms in total. The molecule has 3 heteroatoms. The lowest BCUT2D eigenvalue weighted by Gasteiger charge is -2.32. The molecule has 0 heterocycles. The monoisotopic (exact) mass is 210 g/mol.